The second kappa shape index (κ2) is 45.5. The third-order valence-corrected chi connectivity index (χ3v) is 11.5. The number of carbonyl (C=O) groups is 1. The van der Waals surface area contributed by atoms with Crippen molar-refractivity contribution in [1.82, 2.24) is 5.32 Å². The number of rotatable bonds is 45. The summed E-state index contributed by atoms with van der Waals surface area (Å²) < 4.78 is 0. The fraction of sp³-hybridized carbons (Fsp3) is 0.900. The molecule has 1 amide bonds. The van der Waals surface area contributed by atoms with Crippen LogP contribution in [0.1, 0.15) is 264 Å². The fourth-order valence-electron chi connectivity index (χ4n) is 7.75. The molecule has 3 atom stereocenters. The average Bonchev–Trinajstić information content (AvgIpc) is 3.18. The summed E-state index contributed by atoms with van der Waals surface area (Å²) in [6.45, 7) is 4.25. The Morgan fingerprint density at radius 3 is 1.15 bits per heavy atom. The van der Waals surface area contributed by atoms with Gasteiger partial charge in [-0.1, -0.05) is 244 Å². The van der Waals surface area contributed by atoms with Crippen LogP contribution in [0.2, 0.25) is 0 Å². The van der Waals surface area contributed by atoms with Crippen LogP contribution in [0.25, 0.3) is 0 Å². The van der Waals surface area contributed by atoms with E-state index in [9.17, 15) is 20.1 Å². The molecule has 55 heavy (non-hydrogen) atoms. The van der Waals surface area contributed by atoms with Crippen LogP contribution in [0.4, 0.5) is 0 Å². The van der Waals surface area contributed by atoms with Crippen molar-refractivity contribution in [3.05, 3.63) is 24.3 Å². The Kier molecular flexibility index (Phi) is 44.6. The SMILES string of the molecule is CCCCC/C=C\C=C/CCCCCCCCCCC(O)CC(=O)NC(CO)C(O)CCCCCCCCCCCCCCCCCCCCCCCCC. The molecule has 0 spiro atoms. The summed E-state index contributed by atoms with van der Waals surface area (Å²) in [5.41, 5.74) is 0. The van der Waals surface area contributed by atoms with Crippen LogP contribution < -0.4 is 5.32 Å². The molecule has 4 N–H and O–H groups in total. The van der Waals surface area contributed by atoms with Gasteiger partial charge in [0.2, 0.25) is 5.91 Å². The molecule has 0 aliphatic rings. The van der Waals surface area contributed by atoms with Gasteiger partial charge >= 0.3 is 0 Å². The molecule has 3 unspecified atom stereocenters. The van der Waals surface area contributed by atoms with Gasteiger partial charge in [0, 0.05) is 0 Å². The second-order valence-electron chi connectivity index (χ2n) is 17.1. The smallest absolute Gasteiger partial charge is 0.222 e. The Bertz CT molecular complexity index is 814. The molecule has 0 aliphatic carbocycles. The van der Waals surface area contributed by atoms with E-state index in [0.29, 0.717) is 12.8 Å². The molecule has 0 fully saturated rings. The predicted molar refractivity (Wildman–Crippen MR) is 241 cm³/mol. The van der Waals surface area contributed by atoms with Gasteiger partial charge in [0.1, 0.15) is 0 Å². The minimum absolute atomic E-state index is 0.0335. The highest BCUT2D eigenvalue weighted by atomic mass is 16.3. The molecule has 0 aliphatic heterocycles. The van der Waals surface area contributed by atoms with Crippen molar-refractivity contribution in [2.45, 2.75) is 283 Å². The number of unbranched alkanes of at least 4 members (excludes halogenated alkanes) is 33. The first-order chi connectivity index (χ1) is 27.0. The van der Waals surface area contributed by atoms with E-state index in [0.717, 1.165) is 25.7 Å². The highest BCUT2D eigenvalue weighted by molar-refractivity contribution is 5.76. The molecule has 0 heterocycles. The maximum atomic E-state index is 12.5. The lowest BCUT2D eigenvalue weighted by atomic mass is 10.0. The van der Waals surface area contributed by atoms with E-state index in [1.807, 2.05) is 0 Å². The first-order valence-corrected chi connectivity index (χ1v) is 24.6. The number of nitrogens with one attached hydrogen (secondary N) is 1. The summed E-state index contributed by atoms with van der Waals surface area (Å²) in [5.74, 6) is -0.284. The van der Waals surface area contributed by atoms with Crippen LogP contribution >= 0.6 is 0 Å². The van der Waals surface area contributed by atoms with Crippen LogP contribution in [0.3, 0.4) is 0 Å². The van der Waals surface area contributed by atoms with Crippen LogP contribution in [-0.4, -0.2) is 46.1 Å². The molecule has 0 saturated heterocycles. The van der Waals surface area contributed by atoms with Gasteiger partial charge < -0.3 is 20.6 Å². The number of amides is 1. The zero-order valence-corrected chi connectivity index (χ0v) is 37.1. The topological polar surface area (TPSA) is 89.8 Å². The summed E-state index contributed by atoms with van der Waals surface area (Å²) in [5, 5.41) is 33.5. The number of allylic oxidation sites excluding steroid dienone is 4. The van der Waals surface area contributed by atoms with Gasteiger partial charge in [0.05, 0.1) is 31.3 Å². The average molecular weight is 776 g/mol. The lowest BCUT2D eigenvalue weighted by Gasteiger charge is -2.23. The van der Waals surface area contributed by atoms with Gasteiger partial charge in [-0.05, 0) is 38.5 Å². The first kappa shape index (κ1) is 53.8. The minimum atomic E-state index is -0.750. The minimum Gasteiger partial charge on any atom is -0.394 e. The predicted octanol–water partition coefficient (Wildman–Crippen LogP) is 14.6. The van der Waals surface area contributed by atoms with Crippen LogP contribution in [0.15, 0.2) is 24.3 Å². The van der Waals surface area contributed by atoms with Crippen molar-refractivity contribution in [2.24, 2.45) is 0 Å². The monoisotopic (exact) mass is 776 g/mol. The van der Waals surface area contributed by atoms with Gasteiger partial charge in [-0.3, -0.25) is 4.79 Å². The molecule has 0 aromatic rings. The highest BCUT2D eigenvalue weighted by Gasteiger charge is 2.21. The maximum Gasteiger partial charge on any atom is 0.222 e. The molecule has 5 heteroatoms. The number of aliphatic hydroxyl groups is 3. The number of hydrogen-bond donors (Lipinski definition) is 4. The normalized spacial score (nSPS) is 13.6. The number of aliphatic hydroxyl groups excluding tert-OH is 3. The second-order valence-corrected chi connectivity index (χ2v) is 17.1. The Labute approximate surface area is 343 Å². The van der Waals surface area contributed by atoms with Crippen LogP contribution in [-0.2, 0) is 4.79 Å². The van der Waals surface area contributed by atoms with Crippen molar-refractivity contribution in [1.29, 1.82) is 0 Å². The third-order valence-electron chi connectivity index (χ3n) is 11.5. The van der Waals surface area contributed by atoms with Gasteiger partial charge in [-0.15, -0.1) is 0 Å². The van der Waals surface area contributed by atoms with Gasteiger partial charge in [0.25, 0.3) is 0 Å². The zero-order valence-electron chi connectivity index (χ0n) is 37.1. The first-order valence-electron chi connectivity index (χ1n) is 24.6. The summed E-state index contributed by atoms with van der Waals surface area (Å²) in [7, 11) is 0. The van der Waals surface area contributed by atoms with Crippen molar-refractivity contribution >= 4 is 5.91 Å². The maximum absolute atomic E-state index is 12.5. The van der Waals surface area contributed by atoms with E-state index in [1.54, 1.807) is 0 Å². The van der Waals surface area contributed by atoms with Crippen molar-refractivity contribution in [3.8, 4) is 0 Å². The molecule has 0 bridgehead atoms. The Hall–Kier alpha value is -1.17. The van der Waals surface area contributed by atoms with Crippen molar-refractivity contribution in [2.75, 3.05) is 6.61 Å². The number of carbonyl (C=O) groups excluding carboxylic acids is 1. The standard InChI is InChI=1S/C50H97NO4/c1-3-5-7-9-11-13-15-17-19-21-22-23-24-25-26-28-30-32-34-36-38-40-42-44-49(54)48(46-52)51-50(55)45-47(53)43-41-39-37-35-33-31-29-27-20-18-16-14-12-10-8-6-4-2/h12,14,16,18,47-49,52-54H,3-11,13,15,17,19-46H2,1-2H3,(H,51,55)/b14-12-,18-16-. The molecule has 0 saturated carbocycles. The molecular formula is C50H97NO4. The molecule has 0 aromatic heterocycles. The van der Waals surface area contributed by atoms with E-state index in [2.05, 4.69) is 43.5 Å². The van der Waals surface area contributed by atoms with Crippen LogP contribution in [0.5, 0.6) is 0 Å². The molecule has 5 nitrogen and oxygen atoms in total. The Morgan fingerprint density at radius 2 is 0.764 bits per heavy atom. The molecule has 0 radical (unpaired) electrons. The Morgan fingerprint density at radius 1 is 0.455 bits per heavy atom. The molecule has 0 aromatic carbocycles. The van der Waals surface area contributed by atoms with Gasteiger partial charge in [-0.25, -0.2) is 0 Å². The molecule has 0 rings (SSSR count). The zero-order chi connectivity index (χ0) is 40.1. The van der Waals surface area contributed by atoms with E-state index in [-0.39, 0.29) is 18.9 Å². The largest absolute Gasteiger partial charge is 0.394 e. The van der Waals surface area contributed by atoms with E-state index >= 15 is 0 Å². The van der Waals surface area contributed by atoms with Crippen molar-refractivity contribution < 1.29 is 20.1 Å². The fourth-order valence-corrected chi connectivity index (χ4v) is 7.75. The lowest BCUT2D eigenvalue weighted by molar-refractivity contribution is -0.125. The summed E-state index contributed by atoms with van der Waals surface area (Å²) >= 11 is 0. The third kappa shape index (κ3) is 42.3. The van der Waals surface area contributed by atoms with E-state index < -0.39 is 18.2 Å². The lowest BCUT2D eigenvalue weighted by Crippen LogP contribution is -2.46. The summed E-state index contributed by atoms with van der Waals surface area (Å²) in [4.78, 5) is 12.5. The highest BCUT2D eigenvalue weighted by Crippen LogP contribution is 2.17. The van der Waals surface area contributed by atoms with Gasteiger partial charge in [0.15, 0.2) is 0 Å². The molecular weight excluding hydrogens is 679 g/mol. The van der Waals surface area contributed by atoms with E-state index in [4.69, 9.17) is 0 Å². The Balaban J connectivity index is 3.56. The van der Waals surface area contributed by atoms with E-state index in [1.165, 1.54) is 205 Å². The molecule has 326 valence electrons. The number of hydrogen-bond acceptors (Lipinski definition) is 4. The van der Waals surface area contributed by atoms with Gasteiger partial charge in [-0.2, -0.15) is 0 Å². The van der Waals surface area contributed by atoms with Crippen LogP contribution in [0, 0.1) is 0 Å². The quantitative estimate of drug-likeness (QED) is 0.0366. The summed E-state index contributed by atoms with van der Waals surface area (Å²) in [6, 6.07) is -0.660. The van der Waals surface area contributed by atoms with Crippen molar-refractivity contribution in [3.63, 3.8) is 0 Å². The summed E-state index contributed by atoms with van der Waals surface area (Å²) in [6.07, 6.45) is 55.9.